The normalized spacial score (nSPS) is 10.9. The van der Waals surface area contributed by atoms with Crippen LogP contribution in [0.2, 0.25) is 0 Å². The van der Waals surface area contributed by atoms with E-state index < -0.39 is 0 Å². The number of imidazole rings is 1. The second-order valence-corrected chi connectivity index (χ2v) is 5.71. The Morgan fingerprint density at radius 1 is 1.13 bits per heavy atom. The molecule has 4 nitrogen and oxygen atoms in total. The Morgan fingerprint density at radius 2 is 1.87 bits per heavy atom. The molecule has 0 aliphatic heterocycles. The van der Waals surface area contributed by atoms with Crippen LogP contribution in [0.5, 0.6) is 0 Å². The van der Waals surface area contributed by atoms with Crippen molar-refractivity contribution >= 4 is 22.6 Å². The van der Waals surface area contributed by atoms with E-state index in [4.69, 9.17) is 0 Å². The molecule has 1 aromatic heterocycles. The molecule has 0 saturated heterocycles. The topological polar surface area (TPSA) is 46.9 Å². The van der Waals surface area contributed by atoms with Crippen molar-refractivity contribution in [3.05, 3.63) is 48.5 Å². The third kappa shape index (κ3) is 3.26. The summed E-state index contributed by atoms with van der Waals surface area (Å²) < 4.78 is 2.09. The van der Waals surface area contributed by atoms with Crippen molar-refractivity contribution in [2.75, 3.05) is 5.32 Å². The van der Waals surface area contributed by atoms with Crippen molar-refractivity contribution in [2.45, 2.75) is 26.2 Å². The number of aromatic nitrogens is 2. The number of nitrogens with one attached hydrogen (secondary N) is 1. The first kappa shape index (κ1) is 15.3. The number of fused-ring (bicyclic) bond motifs is 1. The van der Waals surface area contributed by atoms with Gasteiger partial charge in [-0.1, -0.05) is 25.5 Å². The van der Waals surface area contributed by atoms with E-state index in [2.05, 4.69) is 27.9 Å². The number of rotatable bonds is 5. The molecule has 0 unspecified atom stereocenters. The third-order valence-corrected chi connectivity index (χ3v) is 3.97. The SMILES string of the molecule is CCCCC(=O)Nc1ccc(-c2nc3ccccc3n2C)cc1. The summed E-state index contributed by atoms with van der Waals surface area (Å²) in [6.07, 6.45) is 2.52. The third-order valence-electron chi connectivity index (χ3n) is 3.97. The Labute approximate surface area is 136 Å². The quantitative estimate of drug-likeness (QED) is 0.761. The molecule has 0 aliphatic rings. The number of para-hydroxylation sites is 2. The zero-order chi connectivity index (χ0) is 16.2. The Balaban J connectivity index is 1.81. The van der Waals surface area contributed by atoms with Gasteiger partial charge in [-0.25, -0.2) is 4.98 Å². The van der Waals surface area contributed by atoms with Gasteiger partial charge >= 0.3 is 0 Å². The van der Waals surface area contributed by atoms with Gasteiger partial charge in [-0.2, -0.15) is 0 Å². The fourth-order valence-corrected chi connectivity index (χ4v) is 2.67. The predicted octanol–water partition coefficient (Wildman–Crippen LogP) is 4.37. The summed E-state index contributed by atoms with van der Waals surface area (Å²) in [6, 6.07) is 15.9. The second-order valence-electron chi connectivity index (χ2n) is 5.71. The van der Waals surface area contributed by atoms with E-state index in [0.29, 0.717) is 6.42 Å². The molecule has 4 heteroatoms. The average molecular weight is 307 g/mol. The van der Waals surface area contributed by atoms with Crippen LogP contribution in [0.15, 0.2) is 48.5 Å². The number of hydrogen-bond acceptors (Lipinski definition) is 2. The van der Waals surface area contributed by atoms with E-state index in [0.717, 1.165) is 41.0 Å². The molecule has 23 heavy (non-hydrogen) atoms. The fourth-order valence-electron chi connectivity index (χ4n) is 2.67. The smallest absolute Gasteiger partial charge is 0.224 e. The molecule has 0 fully saturated rings. The fraction of sp³-hybridized carbons (Fsp3) is 0.263. The first-order valence-electron chi connectivity index (χ1n) is 8.01. The highest BCUT2D eigenvalue weighted by Crippen LogP contribution is 2.24. The van der Waals surface area contributed by atoms with Gasteiger partial charge in [0.25, 0.3) is 0 Å². The number of amides is 1. The number of carbonyl (C=O) groups is 1. The highest BCUT2D eigenvalue weighted by Gasteiger charge is 2.09. The van der Waals surface area contributed by atoms with Crippen molar-refractivity contribution < 1.29 is 4.79 Å². The van der Waals surface area contributed by atoms with Crippen molar-refractivity contribution in [2.24, 2.45) is 7.05 Å². The molecular formula is C19H21N3O. The number of carbonyl (C=O) groups excluding carboxylic acids is 1. The minimum atomic E-state index is 0.0716. The lowest BCUT2D eigenvalue weighted by Gasteiger charge is -2.07. The minimum Gasteiger partial charge on any atom is -0.327 e. The van der Waals surface area contributed by atoms with Gasteiger partial charge in [0, 0.05) is 24.7 Å². The van der Waals surface area contributed by atoms with Gasteiger partial charge < -0.3 is 9.88 Å². The van der Waals surface area contributed by atoms with Crippen LogP contribution in [0.3, 0.4) is 0 Å². The van der Waals surface area contributed by atoms with Crippen molar-refractivity contribution in [3.8, 4) is 11.4 Å². The number of hydrogen-bond donors (Lipinski definition) is 1. The zero-order valence-electron chi connectivity index (χ0n) is 13.5. The van der Waals surface area contributed by atoms with Gasteiger partial charge in [-0.3, -0.25) is 4.79 Å². The van der Waals surface area contributed by atoms with Gasteiger partial charge in [0.15, 0.2) is 0 Å². The van der Waals surface area contributed by atoms with E-state index in [9.17, 15) is 4.79 Å². The van der Waals surface area contributed by atoms with E-state index in [-0.39, 0.29) is 5.91 Å². The van der Waals surface area contributed by atoms with E-state index in [1.807, 2.05) is 49.5 Å². The summed E-state index contributed by atoms with van der Waals surface area (Å²) in [5.74, 6) is 0.998. The molecular weight excluding hydrogens is 286 g/mol. The first-order chi connectivity index (χ1) is 11.2. The molecule has 0 spiro atoms. The molecule has 118 valence electrons. The van der Waals surface area contributed by atoms with Crippen LogP contribution in [0.1, 0.15) is 26.2 Å². The Bertz CT molecular complexity index is 818. The molecule has 2 aromatic carbocycles. The zero-order valence-corrected chi connectivity index (χ0v) is 13.5. The van der Waals surface area contributed by atoms with Crippen LogP contribution >= 0.6 is 0 Å². The van der Waals surface area contributed by atoms with E-state index in [1.165, 1.54) is 0 Å². The number of anilines is 1. The van der Waals surface area contributed by atoms with Crippen LogP contribution in [-0.4, -0.2) is 15.5 Å². The van der Waals surface area contributed by atoms with Crippen LogP contribution in [-0.2, 0) is 11.8 Å². The van der Waals surface area contributed by atoms with Gasteiger partial charge in [0.2, 0.25) is 5.91 Å². The molecule has 3 aromatic rings. The van der Waals surface area contributed by atoms with Crippen molar-refractivity contribution in [1.29, 1.82) is 0 Å². The second kappa shape index (κ2) is 6.65. The number of unbranched alkanes of at least 4 members (excludes halogenated alkanes) is 1. The minimum absolute atomic E-state index is 0.0716. The monoisotopic (exact) mass is 307 g/mol. The largest absolute Gasteiger partial charge is 0.327 e. The molecule has 0 aliphatic carbocycles. The molecule has 1 heterocycles. The molecule has 0 radical (unpaired) electrons. The molecule has 1 N–H and O–H groups in total. The van der Waals surface area contributed by atoms with Crippen molar-refractivity contribution in [1.82, 2.24) is 9.55 Å². The Morgan fingerprint density at radius 3 is 2.57 bits per heavy atom. The number of nitrogens with zero attached hydrogens (tertiary/aromatic N) is 2. The number of benzene rings is 2. The summed E-state index contributed by atoms with van der Waals surface area (Å²) in [4.78, 5) is 16.5. The lowest BCUT2D eigenvalue weighted by atomic mass is 10.2. The Kier molecular flexibility index (Phi) is 4.42. The average Bonchev–Trinajstić information content (AvgIpc) is 2.91. The van der Waals surface area contributed by atoms with Crippen LogP contribution in [0.25, 0.3) is 22.4 Å². The maximum Gasteiger partial charge on any atom is 0.224 e. The first-order valence-corrected chi connectivity index (χ1v) is 8.01. The van der Waals surface area contributed by atoms with Crippen LogP contribution in [0, 0.1) is 0 Å². The molecule has 0 bridgehead atoms. The maximum atomic E-state index is 11.8. The summed E-state index contributed by atoms with van der Waals surface area (Å²) >= 11 is 0. The summed E-state index contributed by atoms with van der Waals surface area (Å²) in [5, 5.41) is 2.93. The van der Waals surface area contributed by atoms with Crippen molar-refractivity contribution in [3.63, 3.8) is 0 Å². The maximum absolute atomic E-state index is 11.8. The highest BCUT2D eigenvalue weighted by atomic mass is 16.1. The van der Waals surface area contributed by atoms with Gasteiger partial charge in [0.05, 0.1) is 11.0 Å². The highest BCUT2D eigenvalue weighted by molar-refractivity contribution is 5.91. The predicted molar refractivity (Wildman–Crippen MR) is 94.3 cm³/mol. The van der Waals surface area contributed by atoms with Crippen LogP contribution in [0.4, 0.5) is 5.69 Å². The molecule has 3 rings (SSSR count). The molecule has 0 saturated carbocycles. The number of aryl methyl sites for hydroxylation is 1. The van der Waals surface area contributed by atoms with E-state index in [1.54, 1.807) is 0 Å². The standard InChI is InChI=1S/C19H21N3O/c1-3-4-9-18(23)20-15-12-10-14(11-13-15)19-21-16-7-5-6-8-17(16)22(19)2/h5-8,10-13H,3-4,9H2,1-2H3,(H,20,23). The summed E-state index contributed by atoms with van der Waals surface area (Å²) in [6.45, 7) is 2.08. The Hall–Kier alpha value is -2.62. The van der Waals surface area contributed by atoms with Crippen LogP contribution < -0.4 is 5.32 Å². The summed E-state index contributed by atoms with van der Waals surface area (Å²) in [5.41, 5.74) is 3.96. The molecule has 1 amide bonds. The van der Waals surface area contributed by atoms with Gasteiger partial charge in [0.1, 0.15) is 5.82 Å². The summed E-state index contributed by atoms with van der Waals surface area (Å²) in [7, 11) is 2.02. The lowest BCUT2D eigenvalue weighted by molar-refractivity contribution is -0.116. The molecule has 0 atom stereocenters. The van der Waals surface area contributed by atoms with E-state index >= 15 is 0 Å². The lowest BCUT2D eigenvalue weighted by Crippen LogP contribution is -2.10. The van der Waals surface area contributed by atoms with Gasteiger partial charge in [-0.15, -0.1) is 0 Å². The van der Waals surface area contributed by atoms with Gasteiger partial charge in [-0.05, 0) is 42.8 Å².